The Hall–Kier alpha value is -2.00. The lowest BCUT2D eigenvalue weighted by molar-refractivity contribution is 0.476. The smallest absolute Gasteiger partial charge is 0.336 e. The van der Waals surface area contributed by atoms with Crippen LogP contribution in [-0.2, 0) is 5.88 Å². The van der Waals surface area contributed by atoms with E-state index < -0.39 is 5.63 Å². The van der Waals surface area contributed by atoms with Crippen molar-refractivity contribution >= 4 is 33.3 Å². The highest BCUT2D eigenvalue weighted by atomic mass is 35.5. The van der Waals surface area contributed by atoms with Gasteiger partial charge in [-0.3, -0.25) is 0 Å². The van der Waals surface area contributed by atoms with Gasteiger partial charge in [0.2, 0.25) is 0 Å². The van der Waals surface area contributed by atoms with Crippen LogP contribution in [-0.4, -0.2) is 5.11 Å². The SMILES string of the molecule is O=c1cc(CCl)c2c(ccc3cc(O)ccc32)o1. The van der Waals surface area contributed by atoms with Gasteiger partial charge in [0.15, 0.2) is 0 Å². The van der Waals surface area contributed by atoms with E-state index in [-0.39, 0.29) is 11.6 Å². The van der Waals surface area contributed by atoms with Crippen LogP contribution >= 0.6 is 11.6 Å². The van der Waals surface area contributed by atoms with E-state index in [9.17, 15) is 9.90 Å². The predicted octanol–water partition coefficient (Wildman–Crippen LogP) is 3.39. The van der Waals surface area contributed by atoms with Crippen LogP contribution in [0.2, 0.25) is 0 Å². The quantitative estimate of drug-likeness (QED) is 0.414. The highest BCUT2D eigenvalue weighted by Gasteiger charge is 2.09. The summed E-state index contributed by atoms with van der Waals surface area (Å²) in [5, 5.41) is 12.1. The van der Waals surface area contributed by atoms with Gasteiger partial charge >= 0.3 is 5.63 Å². The van der Waals surface area contributed by atoms with Crippen LogP contribution in [0.5, 0.6) is 5.75 Å². The zero-order valence-corrected chi connectivity index (χ0v) is 10.1. The maximum Gasteiger partial charge on any atom is 0.336 e. The number of benzene rings is 2. The van der Waals surface area contributed by atoms with E-state index in [0.717, 1.165) is 21.7 Å². The van der Waals surface area contributed by atoms with E-state index in [4.69, 9.17) is 16.0 Å². The van der Waals surface area contributed by atoms with Gasteiger partial charge in [-0.2, -0.15) is 0 Å². The van der Waals surface area contributed by atoms with Crippen LogP contribution in [0.15, 0.2) is 45.6 Å². The minimum Gasteiger partial charge on any atom is -0.508 e. The molecule has 0 atom stereocenters. The van der Waals surface area contributed by atoms with Crippen molar-refractivity contribution in [1.29, 1.82) is 0 Å². The Balaban J connectivity index is 2.56. The molecule has 0 fully saturated rings. The minimum absolute atomic E-state index is 0.201. The second-order valence-electron chi connectivity index (χ2n) is 4.07. The molecule has 0 saturated carbocycles. The average molecular weight is 261 g/mol. The van der Waals surface area contributed by atoms with Gasteiger partial charge < -0.3 is 9.52 Å². The molecule has 0 radical (unpaired) electrons. The summed E-state index contributed by atoms with van der Waals surface area (Å²) in [6.07, 6.45) is 0. The molecule has 90 valence electrons. The van der Waals surface area contributed by atoms with Gasteiger partial charge in [0.1, 0.15) is 11.3 Å². The maximum absolute atomic E-state index is 11.4. The van der Waals surface area contributed by atoms with Crippen LogP contribution in [0, 0.1) is 0 Å². The Morgan fingerprint density at radius 2 is 2.00 bits per heavy atom. The Morgan fingerprint density at radius 3 is 2.78 bits per heavy atom. The van der Waals surface area contributed by atoms with E-state index in [1.54, 1.807) is 30.3 Å². The first kappa shape index (κ1) is 11.1. The lowest BCUT2D eigenvalue weighted by Gasteiger charge is -2.06. The summed E-state index contributed by atoms with van der Waals surface area (Å²) in [5.74, 6) is 0.439. The average Bonchev–Trinajstić information content (AvgIpc) is 2.37. The van der Waals surface area contributed by atoms with E-state index in [1.165, 1.54) is 6.07 Å². The molecule has 2 aromatic carbocycles. The predicted molar refractivity (Wildman–Crippen MR) is 71.2 cm³/mol. The molecule has 0 aliphatic heterocycles. The highest BCUT2D eigenvalue weighted by Crippen LogP contribution is 2.30. The van der Waals surface area contributed by atoms with Gasteiger partial charge in [0.25, 0.3) is 0 Å². The number of phenolic OH excluding ortho intramolecular Hbond substituents is 1. The Kier molecular flexibility index (Phi) is 2.49. The summed E-state index contributed by atoms with van der Waals surface area (Å²) in [7, 11) is 0. The molecule has 0 bridgehead atoms. The highest BCUT2D eigenvalue weighted by molar-refractivity contribution is 6.19. The van der Waals surface area contributed by atoms with Crippen molar-refractivity contribution in [2.45, 2.75) is 5.88 Å². The largest absolute Gasteiger partial charge is 0.508 e. The van der Waals surface area contributed by atoms with E-state index in [2.05, 4.69) is 0 Å². The summed E-state index contributed by atoms with van der Waals surface area (Å²) in [6, 6.07) is 9.99. The first-order valence-corrected chi connectivity index (χ1v) is 5.97. The first-order valence-electron chi connectivity index (χ1n) is 5.43. The van der Waals surface area contributed by atoms with Gasteiger partial charge in [0.05, 0.1) is 0 Å². The molecule has 18 heavy (non-hydrogen) atoms. The second-order valence-corrected chi connectivity index (χ2v) is 4.34. The Bertz CT molecular complexity index is 805. The molecule has 3 nitrogen and oxygen atoms in total. The third kappa shape index (κ3) is 1.64. The third-order valence-corrected chi connectivity index (χ3v) is 3.22. The molecule has 0 unspecified atom stereocenters. The zero-order chi connectivity index (χ0) is 12.7. The lowest BCUT2D eigenvalue weighted by Crippen LogP contribution is -1.99. The summed E-state index contributed by atoms with van der Waals surface area (Å²) in [4.78, 5) is 11.4. The van der Waals surface area contributed by atoms with Gasteiger partial charge in [-0.1, -0.05) is 6.07 Å². The maximum atomic E-state index is 11.4. The lowest BCUT2D eigenvalue weighted by atomic mass is 10.0. The van der Waals surface area contributed by atoms with Crippen LogP contribution < -0.4 is 5.63 Å². The summed E-state index contributed by atoms with van der Waals surface area (Å²) >= 11 is 5.88. The van der Waals surface area contributed by atoms with Gasteiger partial charge in [0, 0.05) is 17.3 Å². The topological polar surface area (TPSA) is 50.4 Å². The number of hydrogen-bond acceptors (Lipinski definition) is 3. The molecule has 4 heteroatoms. The molecule has 0 amide bonds. The number of halogens is 1. The van der Waals surface area contributed by atoms with Crippen LogP contribution in [0.25, 0.3) is 21.7 Å². The van der Waals surface area contributed by atoms with E-state index in [0.29, 0.717) is 5.58 Å². The Morgan fingerprint density at radius 1 is 1.17 bits per heavy atom. The van der Waals surface area contributed by atoms with Crippen molar-refractivity contribution in [3.8, 4) is 5.75 Å². The van der Waals surface area contributed by atoms with Gasteiger partial charge in [-0.05, 0) is 40.6 Å². The first-order chi connectivity index (χ1) is 8.69. The van der Waals surface area contributed by atoms with Crippen molar-refractivity contribution in [3.63, 3.8) is 0 Å². The van der Waals surface area contributed by atoms with Crippen LogP contribution in [0.4, 0.5) is 0 Å². The van der Waals surface area contributed by atoms with Gasteiger partial charge in [-0.15, -0.1) is 11.6 Å². The molecule has 0 aliphatic rings. The van der Waals surface area contributed by atoms with Crippen molar-refractivity contribution in [2.24, 2.45) is 0 Å². The number of aromatic hydroxyl groups is 1. The Labute approximate surface area is 107 Å². The van der Waals surface area contributed by atoms with E-state index >= 15 is 0 Å². The van der Waals surface area contributed by atoms with Crippen molar-refractivity contribution < 1.29 is 9.52 Å². The third-order valence-electron chi connectivity index (χ3n) is 2.93. The summed E-state index contributed by atoms with van der Waals surface area (Å²) in [5.41, 5.74) is 0.840. The zero-order valence-electron chi connectivity index (χ0n) is 9.31. The molecule has 0 spiro atoms. The van der Waals surface area contributed by atoms with Crippen LogP contribution in [0.3, 0.4) is 0 Å². The minimum atomic E-state index is -0.406. The van der Waals surface area contributed by atoms with E-state index in [1.807, 2.05) is 0 Å². The second kappa shape index (κ2) is 4.03. The molecular formula is C14H9ClO3. The molecule has 1 heterocycles. The number of rotatable bonds is 1. The molecule has 0 saturated heterocycles. The number of alkyl halides is 1. The normalized spacial score (nSPS) is 11.2. The molecule has 1 N–H and O–H groups in total. The standard InChI is InChI=1S/C14H9ClO3/c15-7-9-6-13(17)18-12-4-1-8-5-10(16)2-3-11(8)14(9)12/h1-6,16H,7H2. The summed E-state index contributed by atoms with van der Waals surface area (Å²) in [6.45, 7) is 0. The number of fused-ring (bicyclic) bond motifs is 3. The fourth-order valence-corrected chi connectivity index (χ4v) is 2.38. The van der Waals surface area contributed by atoms with Crippen LogP contribution in [0.1, 0.15) is 5.56 Å². The number of hydrogen-bond donors (Lipinski definition) is 1. The molecule has 1 aromatic heterocycles. The van der Waals surface area contributed by atoms with Crippen molar-refractivity contribution in [3.05, 3.63) is 52.4 Å². The fraction of sp³-hybridized carbons (Fsp3) is 0.0714. The van der Waals surface area contributed by atoms with Crippen molar-refractivity contribution in [2.75, 3.05) is 0 Å². The monoisotopic (exact) mass is 260 g/mol. The molecular weight excluding hydrogens is 252 g/mol. The van der Waals surface area contributed by atoms with Gasteiger partial charge in [-0.25, -0.2) is 4.79 Å². The summed E-state index contributed by atoms with van der Waals surface area (Å²) < 4.78 is 5.17. The molecule has 0 aliphatic carbocycles. The molecule has 3 aromatic rings. The fourth-order valence-electron chi connectivity index (χ4n) is 2.17. The van der Waals surface area contributed by atoms with Crippen molar-refractivity contribution in [1.82, 2.24) is 0 Å². The number of phenols is 1. The molecule has 3 rings (SSSR count).